The summed E-state index contributed by atoms with van der Waals surface area (Å²) in [5.41, 5.74) is 0. The smallest absolute Gasteiger partial charge is 0.223 e. The van der Waals surface area contributed by atoms with Crippen LogP contribution in [0.2, 0.25) is 0 Å². The van der Waals surface area contributed by atoms with Crippen molar-refractivity contribution in [2.75, 3.05) is 32.7 Å². The summed E-state index contributed by atoms with van der Waals surface area (Å²) in [6, 6.07) is 1.03. The molecule has 1 N–H and O–H groups in total. The van der Waals surface area contributed by atoms with Crippen LogP contribution in [0, 0.1) is 11.8 Å². The number of hydrogen-bond acceptors (Lipinski definition) is 3. The molecule has 3 aliphatic heterocycles. The fourth-order valence-electron chi connectivity index (χ4n) is 4.46. The first-order valence-corrected chi connectivity index (χ1v) is 8.89. The Balaban J connectivity index is 1.54. The van der Waals surface area contributed by atoms with Gasteiger partial charge in [-0.25, -0.2) is 0 Å². The molecule has 3 fully saturated rings. The first-order chi connectivity index (χ1) is 10.1. The predicted octanol–water partition coefficient (Wildman–Crippen LogP) is 1.71. The number of hydrogen-bond donors (Lipinski definition) is 1. The molecule has 0 aromatic rings. The Bertz CT molecular complexity index is 367. The largest absolute Gasteiger partial charge is 0.337 e. The summed E-state index contributed by atoms with van der Waals surface area (Å²) >= 11 is 0. The number of carbonyl (C=O) groups excluding carboxylic acids is 1. The van der Waals surface area contributed by atoms with Gasteiger partial charge in [0.15, 0.2) is 0 Å². The molecular formula is C17H31N3O. The van der Waals surface area contributed by atoms with Crippen LogP contribution in [-0.2, 0) is 4.79 Å². The Hall–Kier alpha value is -0.610. The zero-order chi connectivity index (χ0) is 14.8. The molecule has 0 spiro atoms. The zero-order valence-corrected chi connectivity index (χ0v) is 13.7. The van der Waals surface area contributed by atoms with Crippen molar-refractivity contribution in [2.24, 2.45) is 11.8 Å². The quantitative estimate of drug-likeness (QED) is 0.860. The zero-order valence-electron chi connectivity index (χ0n) is 13.7. The minimum atomic E-state index is 0.392. The first-order valence-electron chi connectivity index (χ1n) is 8.89. The highest BCUT2D eigenvalue weighted by Gasteiger charge is 2.37. The Kier molecular flexibility index (Phi) is 4.85. The van der Waals surface area contributed by atoms with E-state index in [0.717, 1.165) is 32.6 Å². The fraction of sp³-hybridized carbons (Fsp3) is 0.941. The molecule has 0 saturated carbocycles. The van der Waals surface area contributed by atoms with Crippen LogP contribution in [-0.4, -0.2) is 60.5 Å². The second kappa shape index (κ2) is 6.66. The van der Waals surface area contributed by atoms with Crippen molar-refractivity contribution in [2.45, 2.75) is 58.0 Å². The van der Waals surface area contributed by atoms with E-state index in [1.54, 1.807) is 0 Å². The molecule has 0 bridgehead atoms. The summed E-state index contributed by atoms with van der Waals surface area (Å²) in [4.78, 5) is 17.5. The van der Waals surface area contributed by atoms with Crippen molar-refractivity contribution < 1.29 is 4.79 Å². The van der Waals surface area contributed by atoms with Gasteiger partial charge in [-0.15, -0.1) is 0 Å². The summed E-state index contributed by atoms with van der Waals surface area (Å²) in [5.74, 6) is 1.59. The molecule has 0 radical (unpaired) electrons. The molecule has 3 rings (SSSR count). The van der Waals surface area contributed by atoms with Crippen molar-refractivity contribution in [3.05, 3.63) is 0 Å². The van der Waals surface area contributed by atoms with Gasteiger partial charge in [-0.1, -0.05) is 6.92 Å². The minimum Gasteiger partial charge on any atom is -0.337 e. The van der Waals surface area contributed by atoms with Gasteiger partial charge in [0.2, 0.25) is 5.91 Å². The highest BCUT2D eigenvalue weighted by Crippen LogP contribution is 2.27. The van der Waals surface area contributed by atoms with Gasteiger partial charge in [-0.05, 0) is 64.1 Å². The number of carbonyl (C=O) groups is 1. The topological polar surface area (TPSA) is 35.6 Å². The Morgan fingerprint density at radius 2 is 2.14 bits per heavy atom. The van der Waals surface area contributed by atoms with Gasteiger partial charge in [0, 0.05) is 31.6 Å². The first kappa shape index (κ1) is 15.3. The molecule has 4 nitrogen and oxygen atoms in total. The van der Waals surface area contributed by atoms with E-state index < -0.39 is 0 Å². The minimum absolute atomic E-state index is 0.392. The van der Waals surface area contributed by atoms with Crippen molar-refractivity contribution in [1.29, 1.82) is 0 Å². The maximum absolute atomic E-state index is 12.7. The van der Waals surface area contributed by atoms with Crippen molar-refractivity contribution in [3.63, 3.8) is 0 Å². The lowest BCUT2D eigenvalue weighted by Crippen LogP contribution is -2.57. The van der Waals surface area contributed by atoms with E-state index in [1.165, 1.54) is 32.2 Å². The molecular weight excluding hydrogens is 262 g/mol. The standard InChI is InChI=1S/C17H31N3O/c1-13(15-5-3-7-18-10-15)9-17(21)20-12-16-6-4-8-19(16)11-14(20)2/h13-16,18H,3-12H2,1-2H3. The third-order valence-electron chi connectivity index (χ3n) is 5.89. The maximum Gasteiger partial charge on any atom is 0.223 e. The van der Waals surface area contributed by atoms with Crippen LogP contribution in [0.5, 0.6) is 0 Å². The number of amides is 1. The van der Waals surface area contributed by atoms with Crippen molar-refractivity contribution >= 4 is 5.91 Å². The van der Waals surface area contributed by atoms with E-state index >= 15 is 0 Å². The van der Waals surface area contributed by atoms with Gasteiger partial charge in [-0.3, -0.25) is 9.69 Å². The number of piperazine rings is 1. The maximum atomic E-state index is 12.7. The van der Waals surface area contributed by atoms with Gasteiger partial charge in [-0.2, -0.15) is 0 Å². The number of nitrogens with zero attached hydrogens (tertiary/aromatic N) is 2. The molecule has 3 aliphatic rings. The summed E-state index contributed by atoms with van der Waals surface area (Å²) in [6.45, 7) is 10.0. The molecule has 3 saturated heterocycles. The molecule has 0 aromatic carbocycles. The molecule has 4 atom stereocenters. The predicted molar refractivity (Wildman–Crippen MR) is 85.1 cm³/mol. The van der Waals surface area contributed by atoms with E-state index in [4.69, 9.17) is 0 Å². The Morgan fingerprint density at radius 3 is 2.90 bits per heavy atom. The van der Waals surface area contributed by atoms with Crippen LogP contribution < -0.4 is 5.32 Å². The summed E-state index contributed by atoms with van der Waals surface area (Å²) < 4.78 is 0. The molecule has 120 valence electrons. The van der Waals surface area contributed by atoms with Gasteiger partial charge in [0.1, 0.15) is 0 Å². The lowest BCUT2D eigenvalue weighted by Gasteiger charge is -2.43. The van der Waals surface area contributed by atoms with E-state index in [2.05, 4.69) is 29.0 Å². The average Bonchev–Trinajstić information content (AvgIpc) is 2.94. The normalized spacial score (nSPS) is 35.5. The number of rotatable bonds is 3. The second-order valence-electron chi connectivity index (χ2n) is 7.47. The lowest BCUT2D eigenvalue weighted by atomic mass is 9.85. The Labute approximate surface area is 129 Å². The highest BCUT2D eigenvalue weighted by molar-refractivity contribution is 5.77. The van der Waals surface area contributed by atoms with E-state index in [9.17, 15) is 4.79 Å². The summed E-state index contributed by atoms with van der Waals surface area (Å²) in [5, 5.41) is 3.48. The molecule has 21 heavy (non-hydrogen) atoms. The third-order valence-corrected chi connectivity index (χ3v) is 5.89. The van der Waals surface area contributed by atoms with Crippen LogP contribution in [0.25, 0.3) is 0 Å². The molecule has 0 aromatic heterocycles. The number of piperidine rings is 1. The highest BCUT2D eigenvalue weighted by atomic mass is 16.2. The van der Waals surface area contributed by atoms with Gasteiger partial charge < -0.3 is 10.2 Å². The van der Waals surface area contributed by atoms with Crippen LogP contribution >= 0.6 is 0 Å². The third kappa shape index (κ3) is 3.42. The van der Waals surface area contributed by atoms with E-state index in [0.29, 0.717) is 29.8 Å². The summed E-state index contributed by atoms with van der Waals surface area (Å²) in [6.07, 6.45) is 5.87. The molecule has 0 aliphatic carbocycles. The van der Waals surface area contributed by atoms with Crippen LogP contribution in [0.15, 0.2) is 0 Å². The number of nitrogens with one attached hydrogen (secondary N) is 1. The molecule has 4 heteroatoms. The SMILES string of the molecule is CC(CC(=O)N1CC2CCCN2CC1C)C1CCCNC1. The average molecular weight is 293 g/mol. The van der Waals surface area contributed by atoms with Crippen LogP contribution in [0.3, 0.4) is 0 Å². The number of fused-ring (bicyclic) bond motifs is 1. The van der Waals surface area contributed by atoms with E-state index in [-0.39, 0.29) is 0 Å². The summed E-state index contributed by atoms with van der Waals surface area (Å²) in [7, 11) is 0. The fourth-order valence-corrected chi connectivity index (χ4v) is 4.46. The lowest BCUT2D eigenvalue weighted by molar-refractivity contribution is -0.138. The second-order valence-corrected chi connectivity index (χ2v) is 7.47. The van der Waals surface area contributed by atoms with E-state index in [1.807, 2.05) is 0 Å². The Morgan fingerprint density at radius 1 is 1.29 bits per heavy atom. The van der Waals surface area contributed by atoms with Crippen molar-refractivity contribution in [3.8, 4) is 0 Å². The van der Waals surface area contributed by atoms with Gasteiger partial charge in [0.25, 0.3) is 0 Å². The molecule has 3 heterocycles. The van der Waals surface area contributed by atoms with Gasteiger partial charge in [0.05, 0.1) is 0 Å². The van der Waals surface area contributed by atoms with Gasteiger partial charge >= 0.3 is 0 Å². The monoisotopic (exact) mass is 293 g/mol. The van der Waals surface area contributed by atoms with Crippen LogP contribution in [0.1, 0.15) is 46.0 Å². The molecule has 1 amide bonds. The molecule has 4 unspecified atom stereocenters. The van der Waals surface area contributed by atoms with Crippen LogP contribution in [0.4, 0.5) is 0 Å². The van der Waals surface area contributed by atoms with Crippen molar-refractivity contribution in [1.82, 2.24) is 15.1 Å².